The normalized spacial score (nSPS) is 11.2. The molecule has 128 valence electrons. The number of hydrogen-bond acceptors (Lipinski definition) is 4. The number of sulfonamides is 1. The van der Waals surface area contributed by atoms with Crippen molar-refractivity contribution in [2.45, 2.75) is 11.8 Å². The summed E-state index contributed by atoms with van der Waals surface area (Å²) in [5, 5.41) is 0.289. The number of ether oxygens (including phenoxy) is 1. The summed E-state index contributed by atoms with van der Waals surface area (Å²) in [5.74, 6) is -0.549. The van der Waals surface area contributed by atoms with Crippen LogP contribution < -0.4 is 4.72 Å². The summed E-state index contributed by atoms with van der Waals surface area (Å²) in [7, 11) is -4.00. The van der Waals surface area contributed by atoms with Gasteiger partial charge in [0.25, 0.3) is 10.0 Å². The molecular weight excluding hydrogens is 397 g/mol. The van der Waals surface area contributed by atoms with Gasteiger partial charge in [-0.2, -0.15) is 0 Å². The Morgan fingerprint density at radius 1 is 1.08 bits per heavy atom. The van der Waals surface area contributed by atoms with Crippen molar-refractivity contribution >= 4 is 56.5 Å². The molecule has 0 atom stereocenters. The first kappa shape index (κ1) is 18.9. The lowest BCUT2D eigenvalue weighted by atomic mass is 10.2. The number of hydrogen-bond donors (Lipinski definition) is 1. The summed E-state index contributed by atoms with van der Waals surface area (Å²) < 4.78 is 32.1. The van der Waals surface area contributed by atoms with Gasteiger partial charge in [-0.05, 0) is 43.3 Å². The highest BCUT2D eigenvalue weighted by molar-refractivity contribution is 7.92. The first-order valence-corrected chi connectivity index (χ1v) is 9.31. The first-order valence-electron chi connectivity index (χ1n) is 6.69. The number of anilines is 1. The van der Waals surface area contributed by atoms with Crippen LogP contribution in [-0.2, 0) is 14.8 Å². The van der Waals surface area contributed by atoms with Crippen LogP contribution in [0.4, 0.5) is 5.69 Å². The minimum Gasteiger partial charge on any atom is -0.462 e. The average molecular weight is 409 g/mol. The maximum absolute atomic E-state index is 12.4. The topological polar surface area (TPSA) is 72.5 Å². The lowest BCUT2D eigenvalue weighted by Crippen LogP contribution is -2.14. The van der Waals surface area contributed by atoms with Crippen LogP contribution in [0.2, 0.25) is 15.1 Å². The van der Waals surface area contributed by atoms with Gasteiger partial charge < -0.3 is 4.74 Å². The van der Waals surface area contributed by atoms with Crippen molar-refractivity contribution in [2.24, 2.45) is 0 Å². The van der Waals surface area contributed by atoms with Crippen molar-refractivity contribution in [3.63, 3.8) is 0 Å². The van der Waals surface area contributed by atoms with Crippen LogP contribution >= 0.6 is 34.8 Å². The van der Waals surface area contributed by atoms with Crippen molar-refractivity contribution in [1.82, 2.24) is 0 Å². The molecule has 0 heterocycles. The molecule has 0 aliphatic heterocycles. The molecule has 0 amide bonds. The molecule has 0 fully saturated rings. The van der Waals surface area contributed by atoms with Crippen molar-refractivity contribution in [1.29, 1.82) is 0 Å². The maximum atomic E-state index is 12.4. The number of esters is 1. The van der Waals surface area contributed by atoms with Crippen LogP contribution in [0.25, 0.3) is 0 Å². The SMILES string of the molecule is CCOC(=O)c1ccc(NS(=O)(=O)c2cc(Cl)ccc2Cl)c(Cl)c1. The minimum absolute atomic E-state index is 0.0196. The highest BCUT2D eigenvalue weighted by atomic mass is 35.5. The van der Waals surface area contributed by atoms with Gasteiger partial charge in [0.15, 0.2) is 0 Å². The quantitative estimate of drug-likeness (QED) is 0.732. The maximum Gasteiger partial charge on any atom is 0.338 e. The molecule has 0 radical (unpaired) electrons. The van der Waals surface area contributed by atoms with E-state index in [2.05, 4.69) is 4.72 Å². The average Bonchev–Trinajstić information content (AvgIpc) is 2.51. The second-order valence-electron chi connectivity index (χ2n) is 4.60. The standard InChI is InChI=1S/C15H12Cl3NO4S/c1-2-23-15(20)9-3-6-13(12(18)7-9)19-24(21,22)14-8-10(16)4-5-11(14)17/h3-8,19H,2H2,1H3. The largest absolute Gasteiger partial charge is 0.462 e. The Balaban J connectivity index is 2.33. The molecule has 0 aromatic heterocycles. The van der Waals surface area contributed by atoms with Gasteiger partial charge in [-0.3, -0.25) is 4.72 Å². The molecule has 9 heteroatoms. The molecule has 24 heavy (non-hydrogen) atoms. The van der Waals surface area contributed by atoms with E-state index in [1.54, 1.807) is 6.92 Å². The van der Waals surface area contributed by atoms with Gasteiger partial charge in [0, 0.05) is 5.02 Å². The molecule has 0 spiro atoms. The van der Waals surface area contributed by atoms with Gasteiger partial charge in [0.1, 0.15) is 4.90 Å². The summed E-state index contributed by atoms with van der Waals surface area (Å²) in [5.41, 5.74) is 0.311. The zero-order chi connectivity index (χ0) is 17.9. The van der Waals surface area contributed by atoms with Crippen LogP contribution in [0.15, 0.2) is 41.3 Å². The monoisotopic (exact) mass is 407 g/mol. The molecule has 5 nitrogen and oxygen atoms in total. The van der Waals surface area contributed by atoms with Gasteiger partial charge in [0.05, 0.1) is 27.9 Å². The molecular formula is C15H12Cl3NO4S. The van der Waals surface area contributed by atoms with Crippen molar-refractivity contribution in [3.05, 3.63) is 57.0 Å². The van der Waals surface area contributed by atoms with E-state index in [0.29, 0.717) is 0 Å². The number of halogens is 3. The number of benzene rings is 2. The molecule has 2 aromatic carbocycles. The highest BCUT2D eigenvalue weighted by Crippen LogP contribution is 2.30. The Morgan fingerprint density at radius 3 is 2.42 bits per heavy atom. The summed E-state index contributed by atoms with van der Waals surface area (Å²) in [6, 6.07) is 8.17. The lowest BCUT2D eigenvalue weighted by Gasteiger charge is -2.12. The smallest absolute Gasteiger partial charge is 0.338 e. The molecule has 1 N–H and O–H groups in total. The summed E-state index contributed by atoms with van der Waals surface area (Å²) in [6.45, 7) is 1.90. The Labute approximate surface area is 154 Å². The van der Waals surface area contributed by atoms with Gasteiger partial charge >= 0.3 is 5.97 Å². The number of carbonyl (C=O) groups excluding carboxylic acids is 1. The molecule has 2 rings (SSSR count). The number of nitrogens with one attached hydrogen (secondary N) is 1. The summed E-state index contributed by atoms with van der Waals surface area (Å²) in [4.78, 5) is 11.5. The van der Waals surface area contributed by atoms with Crippen molar-refractivity contribution < 1.29 is 17.9 Å². The fraction of sp³-hybridized carbons (Fsp3) is 0.133. The fourth-order valence-electron chi connectivity index (χ4n) is 1.82. The lowest BCUT2D eigenvalue weighted by molar-refractivity contribution is 0.0526. The predicted octanol–water partition coefficient (Wildman–Crippen LogP) is 4.62. The Morgan fingerprint density at radius 2 is 1.79 bits per heavy atom. The van der Waals surface area contributed by atoms with Crippen LogP contribution in [-0.4, -0.2) is 21.0 Å². The summed E-state index contributed by atoms with van der Waals surface area (Å²) >= 11 is 17.8. The zero-order valence-electron chi connectivity index (χ0n) is 12.3. The van der Waals surface area contributed by atoms with E-state index in [0.717, 1.165) is 0 Å². The van der Waals surface area contributed by atoms with Gasteiger partial charge in [-0.25, -0.2) is 13.2 Å². The second-order valence-corrected chi connectivity index (χ2v) is 7.50. The first-order chi connectivity index (χ1) is 11.2. The minimum atomic E-state index is -4.00. The van der Waals surface area contributed by atoms with E-state index in [4.69, 9.17) is 39.5 Å². The molecule has 0 saturated heterocycles. The van der Waals surface area contributed by atoms with Crippen LogP contribution in [0.3, 0.4) is 0 Å². The fourth-order valence-corrected chi connectivity index (χ4v) is 3.95. The van der Waals surface area contributed by atoms with Gasteiger partial charge in [-0.15, -0.1) is 0 Å². The van der Waals surface area contributed by atoms with Crippen molar-refractivity contribution in [3.8, 4) is 0 Å². The van der Waals surface area contributed by atoms with Crippen LogP contribution in [0.1, 0.15) is 17.3 Å². The van der Waals surface area contributed by atoms with E-state index >= 15 is 0 Å². The molecule has 0 unspecified atom stereocenters. The van der Waals surface area contributed by atoms with E-state index in [1.807, 2.05) is 0 Å². The summed E-state index contributed by atoms with van der Waals surface area (Å²) in [6.07, 6.45) is 0. The third-order valence-corrected chi connectivity index (χ3v) is 5.30. The highest BCUT2D eigenvalue weighted by Gasteiger charge is 2.20. The molecule has 0 aliphatic carbocycles. The van der Waals surface area contributed by atoms with Crippen LogP contribution in [0, 0.1) is 0 Å². The molecule has 0 bridgehead atoms. The Hall–Kier alpha value is -1.47. The van der Waals surface area contributed by atoms with Gasteiger partial charge in [0.2, 0.25) is 0 Å². The van der Waals surface area contributed by atoms with E-state index in [-0.39, 0.29) is 37.8 Å². The zero-order valence-corrected chi connectivity index (χ0v) is 15.4. The molecule has 2 aromatic rings. The van der Waals surface area contributed by atoms with Gasteiger partial charge in [-0.1, -0.05) is 34.8 Å². The van der Waals surface area contributed by atoms with E-state index in [9.17, 15) is 13.2 Å². The van der Waals surface area contributed by atoms with E-state index in [1.165, 1.54) is 36.4 Å². The van der Waals surface area contributed by atoms with Crippen molar-refractivity contribution in [2.75, 3.05) is 11.3 Å². The second kappa shape index (κ2) is 7.61. The van der Waals surface area contributed by atoms with Crippen LogP contribution in [0.5, 0.6) is 0 Å². The molecule has 0 saturated carbocycles. The van der Waals surface area contributed by atoms with E-state index < -0.39 is 16.0 Å². The molecule has 0 aliphatic rings. The Kier molecular flexibility index (Phi) is 5.98. The number of rotatable bonds is 5. The number of carbonyl (C=O) groups is 1. The third kappa shape index (κ3) is 4.33. The third-order valence-electron chi connectivity index (χ3n) is 2.91. The Bertz CT molecular complexity index is 884. The predicted molar refractivity (Wildman–Crippen MR) is 94.7 cm³/mol.